The molecular formula is C12H20BIO2S. The Hall–Kier alpha value is 0.285. The standard InChI is InChI=1S/C12H20BIO2S/c1-3-9-17(14,10-4-2)12-7-5-11(6-8-12)13(15)16/h5-8,15-16H,3-4,9-10H2,1-2H3. The molecule has 17 heavy (non-hydrogen) atoms. The fourth-order valence-electron chi connectivity index (χ4n) is 1.87. The topological polar surface area (TPSA) is 40.5 Å². The summed E-state index contributed by atoms with van der Waals surface area (Å²) in [4.78, 5) is 1.37. The van der Waals surface area contributed by atoms with Gasteiger partial charge in [-0.2, -0.15) is 7.20 Å². The van der Waals surface area contributed by atoms with Crippen LogP contribution in [0.15, 0.2) is 29.2 Å². The Bertz CT molecular complexity index is 337. The van der Waals surface area contributed by atoms with Crippen molar-refractivity contribution in [1.29, 1.82) is 0 Å². The molecule has 1 aromatic carbocycles. The first-order valence-electron chi connectivity index (χ1n) is 5.98. The van der Waals surface area contributed by atoms with E-state index in [-0.39, 0.29) is 0 Å². The minimum Gasteiger partial charge on any atom is -0.423 e. The van der Waals surface area contributed by atoms with Crippen molar-refractivity contribution in [2.75, 3.05) is 11.5 Å². The van der Waals surface area contributed by atoms with E-state index in [1.54, 1.807) is 0 Å². The second-order valence-electron chi connectivity index (χ2n) is 4.14. The molecule has 96 valence electrons. The van der Waals surface area contributed by atoms with Crippen molar-refractivity contribution in [3.63, 3.8) is 0 Å². The van der Waals surface area contributed by atoms with E-state index in [9.17, 15) is 0 Å². The van der Waals surface area contributed by atoms with E-state index in [0.717, 1.165) is 0 Å². The third-order valence-electron chi connectivity index (χ3n) is 2.66. The Kier molecular flexibility index (Phi) is 6.33. The number of rotatable bonds is 6. The molecule has 1 rings (SSSR count). The minimum atomic E-state index is -1.36. The van der Waals surface area contributed by atoms with E-state index in [2.05, 4.69) is 47.2 Å². The van der Waals surface area contributed by atoms with Crippen molar-refractivity contribution in [3.8, 4) is 0 Å². The van der Waals surface area contributed by atoms with Crippen LogP contribution in [0.1, 0.15) is 26.7 Å². The summed E-state index contributed by atoms with van der Waals surface area (Å²) in [7, 11) is -2.11. The highest BCUT2D eigenvalue weighted by Crippen LogP contribution is 2.63. The van der Waals surface area contributed by atoms with Gasteiger partial charge in [-0.1, -0.05) is 26.0 Å². The molecule has 0 atom stereocenters. The average molecular weight is 366 g/mol. The van der Waals surface area contributed by atoms with Crippen LogP contribution in [0.25, 0.3) is 0 Å². The summed E-state index contributed by atoms with van der Waals surface area (Å²) in [6.07, 6.45) is 2.39. The van der Waals surface area contributed by atoms with Gasteiger partial charge >= 0.3 is 7.12 Å². The van der Waals surface area contributed by atoms with Gasteiger partial charge in [0.15, 0.2) is 0 Å². The number of benzene rings is 1. The van der Waals surface area contributed by atoms with E-state index in [4.69, 9.17) is 10.0 Å². The second-order valence-corrected chi connectivity index (χ2v) is 12.1. The zero-order valence-electron chi connectivity index (χ0n) is 10.4. The molecule has 0 spiro atoms. The van der Waals surface area contributed by atoms with Gasteiger partial charge in [0.25, 0.3) is 0 Å². The molecule has 5 heteroatoms. The van der Waals surface area contributed by atoms with Crippen LogP contribution in [0.4, 0.5) is 0 Å². The summed E-state index contributed by atoms with van der Waals surface area (Å²) in [5.41, 5.74) is 0.569. The van der Waals surface area contributed by atoms with Crippen LogP contribution in [0.5, 0.6) is 0 Å². The van der Waals surface area contributed by atoms with Crippen LogP contribution in [-0.4, -0.2) is 28.7 Å². The SMILES string of the molecule is CCCS(I)(CCC)c1ccc(B(O)O)cc1. The smallest absolute Gasteiger partial charge is 0.423 e. The molecule has 2 N–H and O–H groups in total. The van der Waals surface area contributed by atoms with Gasteiger partial charge in [-0.3, -0.25) is 0 Å². The van der Waals surface area contributed by atoms with Crippen LogP contribution in [-0.2, 0) is 0 Å². The summed E-state index contributed by atoms with van der Waals surface area (Å²) in [6.45, 7) is 4.45. The van der Waals surface area contributed by atoms with Gasteiger partial charge in [0.1, 0.15) is 0 Å². The first kappa shape index (κ1) is 15.3. The second kappa shape index (κ2) is 7.02. The lowest BCUT2D eigenvalue weighted by molar-refractivity contribution is 0.426. The molecule has 0 bridgehead atoms. The number of hydrogen-bond donors (Lipinski definition) is 2. The van der Waals surface area contributed by atoms with Gasteiger partial charge in [0, 0.05) is 0 Å². The first-order valence-corrected chi connectivity index (χ1v) is 10.5. The molecule has 0 aromatic heterocycles. The Labute approximate surface area is 118 Å². The van der Waals surface area contributed by atoms with Crippen molar-refractivity contribution in [3.05, 3.63) is 24.3 Å². The number of hydrogen-bond acceptors (Lipinski definition) is 2. The van der Waals surface area contributed by atoms with Crippen LogP contribution in [0.3, 0.4) is 0 Å². The Morgan fingerprint density at radius 3 is 1.88 bits per heavy atom. The molecule has 0 aliphatic rings. The molecule has 0 aliphatic carbocycles. The van der Waals surface area contributed by atoms with E-state index >= 15 is 0 Å². The fourth-order valence-corrected chi connectivity index (χ4v) is 7.99. The summed E-state index contributed by atoms with van der Waals surface area (Å²) < 4.78 is 0. The molecule has 2 nitrogen and oxygen atoms in total. The maximum atomic E-state index is 9.08. The van der Waals surface area contributed by atoms with E-state index in [1.165, 1.54) is 29.2 Å². The van der Waals surface area contributed by atoms with Crippen LogP contribution in [0, 0.1) is 0 Å². The predicted molar refractivity (Wildman–Crippen MR) is 86.5 cm³/mol. The Morgan fingerprint density at radius 2 is 1.53 bits per heavy atom. The minimum absolute atomic E-state index is 0.569. The van der Waals surface area contributed by atoms with Crippen molar-refractivity contribution >= 4 is 41.0 Å². The normalized spacial score (nSPS) is 12.5. The molecule has 0 amide bonds. The predicted octanol–water partition coefficient (Wildman–Crippen LogP) is 2.70. The van der Waals surface area contributed by atoms with Crippen molar-refractivity contribution < 1.29 is 10.0 Å². The highest BCUT2D eigenvalue weighted by molar-refractivity contribution is 14.2. The molecular weight excluding hydrogens is 346 g/mol. The van der Waals surface area contributed by atoms with Crippen molar-refractivity contribution in [2.45, 2.75) is 31.6 Å². The molecule has 0 heterocycles. The Morgan fingerprint density at radius 1 is 1.06 bits per heavy atom. The maximum Gasteiger partial charge on any atom is 0.488 e. The number of halogens is 1. The first-order chi connectivity index (χ1) is 8.03. The quantitative estimate of drug-likeness (QED) is 0.601. The van der Waals surface area contributed by atoms with Crippen LogP contribution in [0.2, 0.25) is 0 Å². The van der Waals surface area contributed by atoms with Gasteiger partial charge < -0.3 is 10.0 Å². The molecule has 1 aromatic rings. The molecule has 0 saturated carbocycles. The van der Waals surface area contributed by atoms with Crippen LogP contribution >= 0.6 is 28.4 Å². The lowest BCUT2D eigenvalue weighted by Gasteiger charge is -2.33. The Balaban J connectivity index is 2.95. The summed E-state index contributed by atoms with van der Waals surface area (Å²) in [6, 6.07) is 7.77. The summed E-state index contributed by atoms with van der Waals surface area (Å²) >= 11 is 2.63. The highest BCUT2D eigenvalue weighted by atomic mass is 127. The van der Waals surface area contributed by atoms with Gasteiger partial charge in [0.05, 0.1) is 0 Å². The fraction of sp³-hybridized carbons (Fsp3) is 0.500. The monoisotopic (exact) mass is 366 g/mol. The van der Waals surface area contributed by atoms with E-state index in [1.807, 2.05) is 12.1 Å². The summed E-state index contributed by atoms with van der Waals surface area (Å²) in [5, 5.41) is 18.2. The third-order valence-corrected chi connectivity index (χ3v) is 10.1. The molecule has 0 aliphatic heterocycles. The lowest BCUT2D eigenvalue weighted by atomic mass is 9.81. The third kappa shape index (κ3) is 4.15. The molecule has 0 unspecified atom stereocenters. The van der Waals surface area contributed by atoms with Crippen LogP contribution < -0.4 is 5.46 Å². The average Bonchev–Trinajstić information content (AvgIpc) is 2.30. The zero-order valence-corrected chi connectivity index (χ0v) is 13.4. The molecule has 0 radical (unpaired) electrons. The van der Waals surface area contributed by atoms with Crippen molar-refractivity contribution in [2.24, 2.45) is 0 Å². The van der Waals surface area contributed by atoms with E-state index < -0.39 is 14.3 Å². The van der Waals surface area contributed by atoms with Gasteiger partial charge in [0.2, 0.25) is 0 Å². The highest BCUT2D eigenvalue weighted by Gasteiger charge is 2.21. The summed E-state index contributed by atoms with van der Waals surface area (Å²) in [5.74, 6) is 2.48. The van der Waals surface area contributed by atoms with E-state index in [0.29, 0.717) is 5.46 Å². The molecule has 0 saturated heterocycles. The molecule has 0 fully saturated rings. The van der Waals surface area contributed by atoms with Gasteiger partial charge in [-0.15, -0.1) is 0 Å². The van der Waals surface area contributed by atoms with Gasteiger partial charge in [-0.05, 0) is 68.0 Å². The largest absolute Gasteiger partial charge is 0.488 e. The zero-order chi connectivity index (χ0) is 12.9. The maximum absolute atomic E-state index is 9.08. The van der Waals surface area contributed by atoms with Gasteiger partial charge in [-0.25, -0.2) is 0 Å². The lowest BCUT2D eigenvalue weighted by Crippen LogP contribution is -2.29. The van der Waals surface area contributed by atoms with Crippen molar-refractivity contribution in [1.82, 2.24) is 0 Å².